The standard InChI is InChI=1S/C18H16N4S/c1-12-4-6-13(7-5-12)14-8-15-17(21-11-22(2)3)16(9-19)23-18(15)20-10-14/h4-8,10-11H,1-3H3. The lowest BCUT2D eigenvalue weighted by Gasteiger charge is -2.04. The maximum absolute atomic E-state index is 9.35. The quantitative estimate of drug-likeness (QED) is 0.532. The van der Waals surface area contributed by atoms with Crippen molar-refractivity contribution in [2.24, 2.45) is 4.99 Å². The first-order valence-corrected chi connectivity index (χ1v) is 8.00. The molecule has 0 atom stereocenters. The molecule has 0 fully saturated rings. The summed E-state index contributed by atoms with van der Waals surface area (Å²) in [6.45, 7) is 2.07. The number of aliphatic imine (C=N–C) groups is 1. The first-order chi connectivity index (χ1) is 11.1. The summed E-state index contributed by atoms with van der Waals surface area (Å²) in [6, 6.07) is 12.6. The van der Waals surface area contributed by atoms with Gasteiger partial charge >= 0.3 is 0 Å². The number of fused-ring (bicyclic) bond motifs is 1. The average molecular weight is 320 g/mol. The number of rotatable bonds is 3. The fourth-order valence-corrected chi connectivity index (χ4v) is 3.12. The fourth-order valence-electron chi connectivity index (χ4n) is 2.25. The van der Waals surface area contributed by atoms with Crippen molar-refractivity contribution >= 4 is 33.6 Å². The van der Waals surface area contributed by atoms with E-state index in [1.165, 1.54) is 16.9 Å². The van der Waals surface area contributed by atoms with E-state index in [4.69, 9.17) is 0 Å². The van der Waals surface area contributed by atoms with Gasteiger partial charge < -0.3 is 4.90 Å². The van der Waals surface area contributed by atoms with Crippen LogP contribution in [0.5, 0.6) is 0 Å². The molecule has 0 saturated carbocycles. The van der Waals surface area contributed by atoms with Crippen LogP contribution in [-0.4, -0.2) is 30.3 Å². The SMILES string of the molecule is Cc1ccc(-c2cnc3sc(C#N)c(N=CN(C)C)c3c2)cc1. The molecule has 23 heavy (non-hydrogen) atoms. The van der Waals surface area contributed by atoms with Crippen molar-refractivity contribution in [3.05, 3.63) is 47.0 Å². The van der Waals surface area contributed by atoms with E-state index in [0.29, 0.717) is 10.6 Å². The Kier molecular flexibility index (Phi) is 4.09. The summed E-state index contributed by atoms with van der Waals surface area (Å²) >= 11 is 1.38. The Labute approximate surface area is 139 Å². The molecular weight excluding hydrogens is 304 g/mol. The molecule has 0 spiro atoms. The average Bonchev–Trinajstić information content (AvgIpc) is 2.90. The van der Waals surface area contributed by atoms with Crippen molar-refractivity contribution in [3.63, 3.8) is 0 Å². The van der Waals surface area contributed by atoms with Gasteiger partial charge in [0.05, 0.1) is 6.34 Å². The Morgan fingerprint density at radius 1 is 1.22 bits per heavy atom. The fraction of sp³-hybridized carbons (Fsp3) is 0.167. The third kappa shape index (κ3) is 3.08. The third-order valence-electron chi connectivity index (χ3n) is 3.42. The van der Waals surface area contributed by atoms with Crippen molar-refractivity contribution in [2.45, 2.75) is 6.92 Å². The summed E-state index contributed by atoms with van der Waals surface area (Å²) in [4.78, 5) is 12.3. The van der Waals surface area contributed by atoms with Gasteiger partial charge in [0.25, 0.3) is 0 Å². The molecule has 0 aliphatic rings. The molecule has 0 aliphatic heterocycles. The summed E-state index contributed by atoms with van der Waals surface area (Å²) in [5.74, 6) is 0. The predicted molar refractivity (Wildman–Crippen MR) is 96.3 cm³/mol. The zero-order chi connectivity index (χ0) is 16.4. The molecule has 0 radical (unpaired) electrons. The van der Waals surface area contributed by atoms with Crippen molar-refractivity contribution < 1.29 is 0 Å². The summed E-state index contributed by atoms with van der Waals surface area (Å²) in [5, 5.41) is 10.3. The molecule has 0 saturated heterocycles. The maximum Gasteiger partial charge on any atom is 0.133 e. The summed E-state index contributed by atoms with van der Waals surface area (Å²) in [5.41, 5.74) is 4.06. The highest BCUT2D eigenvalue weighted by Crippen LogP contribution is 2.38. The number of aromatic nitrogens is 1. The zero-order valence-electron chi connectivity index (χ0n) is 13.2. The van der Waals surface area contributed by atoms with E-state index in [2.05, 4.69) is 53.3 Å². The second-order valence-corrected chi connectivity index (χ2v) is 6.54. The topological polar surface area (TPSA) is 52.3 Å². The maximum atomic E-state index is 9.35. The van der Waals surface area contributed by atoms with E-state index in [1.54, 1.807) is 6.34 Å². The van der Waals surface area contributed by atoms with Crippen LogP contribution in [-0.2, 0) is 0 Å². The van der Waals surface area contributed by atoms with Crippen LogP contribution in [0, 0.1) is 18.3 Å². The molecular formula is C18H16N4S. The Morgan fingerprint density at radius 2 is 1.96 bits per heavy atom. The van der Waals surface area contributed by atoms with Crippen LogP contribution in [0.15, 0.2) is 41.5 Å². The van der Waals surface area contributed by atoms with Gasteiger partial charge in [0.2, 0.25) is 0 Å². The van der Waals surface area contributed by atoms with Gasteiger partial charge in [0.15, 0.2) is 0 Å². The lowest BCUT2D eigenvalue weighted by molar-refractivity contribution is 0.643. The van der Waals surface area contributed by atoms with E-state index in [9.17, 15) is 5.26 Å². The number of hydrogen-bond donors (Lipinski definition) is 0. The molecule has 2 heterocycles. The molecule has 2 aromatic heterocycles. The number of benzene rings is 1. The Bertz CT molecular complexity index is 915. The predicted octanol–water partition coefficient (Wildman–Crippen LogP) is 4.36. The monoisotopic (exact) mass is 320 g/mol. The molecule has 3 rings (SSSR count). The minimum Gasteiger partial charge on any atom is -0.369 e. The highest BCUT2D eigenvalue weighted by Gasteiger charge is 2.13. The molecule has 0 bridgehead atoms. The lowest BCUT2D eigenvalue weighted by Crippen LogP contribution is -2.06. The number of aryl methyl sites for hydroxylation is 1. The van der Waals surface area contributed by atoms with Gasteiger partial charge in [-0.15, -0.1) is 11.3 Å². The second-order valence-electron chi connectivity index (χ2n) is 5.54. The van der Waals surface area contributed by atoms with Crippen LogP contribution in [0.4, 0.5) is 5.69 Å². The lowest BCUT2D eigenvalue weighted by atomic mass is 10.1. The summed E-state index contributed by atoms with van der Waals surface area (Å²) in [7, 11) is 3.81. The Hall–Kier alpha value is -2.71. The van der Waals surface area contributed by atoms with Crippen molar-refractivity contribution in [1.29, 1.82) is 5.26 Å². The second kappa shape index (κ2) is 6.19. The third-order valence-corrected chi connectivity index (χ3v) is 4.43. The smallest absolute Gasteiger partial charge is 0.133 e. The van der Waals surface area contributed by atoms with Gasteiger partial charge in [-0.2, -0.15) is 5.26 Å². The van der Waals surface area contributed by atoms with E-state index in [0.717, 1.165) is 21.3 Å². The van der Waals surface area contributed by atoms with Gasteiger partial charge in [-0.25, -0.2) is 9.98 Å². The molecule has 0 aliphatic carbocycles. The van der Waals surface area contributed by atoms with Crippen LogP contribution >= 0.6 is 11.3 Å². The van der Waals surface area contributed by atoms with Crippen molar-refractivity contribution in [3.8, 4) is 17.2 Å². The van der Waals surface area contributed by atoms with Gasteiger partial charge in [0, 0.05) is 31.2 Å². The number of pyridine rings is 1. The number of nitrogens with zero attached hydrogens (tertiary/aromatic N) is 4. The normalized spacial score (nSPS) is 11.0. The number of hydrogen-bond acceptors (Lipinski definition) is 4. The van der Waals surface area contributed by atoms with Crippen LogP contribution in [0.3, 0.4) is 0 Å². The first-order valence-electron chi connectivity index (χ1n) is 7.19. The zero-order valence-corrected chi connectivity index (χ0v) is 14.1. The molecule has 0 N–H and O–H groups in total. The van der Waals surface area contributed by atoms with E-state index in [-0.39, 0.29) is 0 Å². The minimum atomic E-state index is 0.589. The van der Waals surface area contributed by atoms with Gasteiger partial charge in [0.1, 0.15) is 21.5 Å². The molecule has 114 valence electrons. The minimum absolute atomic E-state index is 0.589. The van der Waals surface area contributed by atoms with Crippen LogP contribution in [0.2, 0.25) is 0 Å². The summed E-state index contributed by atoms with van der Waals surface area (Å²) < 4.78 is 0. The number of thiophene rings is 1. The molecule has 5 heteroatoms. The molecule has 3 aromatic rings. The summed E-state index contributed by atoms with van der Waals surface area (Å²) in [6.07, 6.45) is 3.56. The van der Waals surface area contributed by atoms with E-state index >= 15 is 0 Å². The molecule has 0 amide bonds. The number of nitriles is 1. The van der Waals surface area contributed by atoms with E-state index < -0.39 is 0 Å². The van der Waals surface area contributed by atoms with Crippen LogP contribution in [0.1, 0.15) is 10.4 Å². The largest absolute Gasteiger partial charge is 0.369 e. The van der Waals surface area contributed by atoms with Gasteiger partial charge in [-0.3, -0.25) is 0 Å². The highest BCUT2D eigenvalue weighted by atomic mass is 32.1. The Morgan fingerprint density at radius 3 is 2.61 bits per heavy atom. The van der Waals surface area contributed by atoms with E-state index in [1.807, 2.05) is 25.2 Å². The van der Waals surface area contributed by atoms with Gasteiger partial charge in [-0.1, -0.05) is 29.8 Å². The Balaban J connectivity index is 2.16. The van der Waals surface area contributed by atoms with Crippen LogP contribution in [0.25, 0.3) is 21.3 Å². The molecule has 4 nitrogen and oxygen atoms in total. The first kappa shape index (κ1) is 15.2. The van der Waals surface area contributed by atoms with Crippen LogP contribution < -0.4 is 0 Å². The highest BCUT2D eigenvalue weighted by molar-refractivity contribution is 7.19. The van der Waals surface area contributed by atoms with Crippen molar-refractivity contribution in [2.75, 3.05) is 14.1 Å². The molecule has 1 aromatic carbocycles. The van der Waals surface area contributed by atoms with Crippen molar-refractivity contribution in [1.82, 2.24) is 9.88 Å². The molecule has 0 unspecified atom stereocenters. The van der Waals surface area contributed by atoms with Gasteiger partial charge in [-0.05, 0) is 18.6 Å².